The standard InChI is InChI=1S/C19H13Cl3N2O3/c1-2-27-19(26)17-16(10-25)24(15-8-7-13(21)9-14(15)22)18(23-17)11-3-5-12(20)6-4-11/h3-10H,2H2,1H3. The van der Waals surface area contributed by atoms with Crippen LogP contribution in [0, 0.1) is 0 Å². The summed E-state index contributed by atoms with van der Waals surface area (Å²) in [6.45, 7) is 1.83. The molecule has 0 spiro atoms. The summed E-state index contributed by atoms with van der Waals surface area (Å²) in [5.74, 6) is -0.348. The van der Waals surface area contributed by atoms with Crippen LogP contribution in [-0.2, 0) is 4.74 Å². The highest BCUT2D eigenvalue weighted by atomic mass is 35.5. The predicted molar refractivity (Wildman–Crippen MR) is 105 cm³/mol. The van der Waals surface area contributed by atoms with Gasteiger partial charge in [-0.05, 0) is 49.4 Å². The van der Waals surface area contributed by atoms with Crippen molar-refractivity contribution in [1.29, 1.82) is 0 Å². The average molecular weight is 424 g/mol. The molecule has 3 aromatic rings. The SMILES string of the molecule is CCOC(=O)c1nc(-c2ccc(Cl)cc2)n(-c2ccc(Cl)cc2Cl)c1C=O. The van der Waals surface area contributed by atoms with E-state index >= 15 is 0 Å². The lowest BCUT2D eigenvalue weighted by Gasteiger charge is -2.12. The molecule has 27 heavy (non-hydrogen) atoms. The molecule has 3 rings (SSSR count). The summed E-state index contributed by atoms with van der Waals surface area (Å²) in [6, 6.07) is 11.7. The third-order valence-corrected chi connectivity index (χ3v) is 4.54. The van der Waals surface area contributed by atoms with E-state index in [0.717, 1.165) is 0 Å². The molecule has 5 nitrogen and oxygen atoms in total. The number of imidazole rings is 1. The van der Waals surface area contributed by atoms with E-state index in [2.05, 4.69) is 4.98 Å². The first kappa shape index (κ1) is 19.4. The van der Waals surface area contributed by atoms with Crippen LogP contribution in [0.5, 0.6) is 0 Å². The third-order valence-electron chi connectivity index (χ3n) is 3.75. The number of carbonyl (C=O) groups excluding carboxylic acids is 2. The largest absolute Gasteiger partial charge is 0.461 e. The second-order valence-corrected chi connectivity index (χ2v) is 6.73. The molecule has 0 bridgehead atoms. The molecule has 0 aliphatic heterocycles. The van der Waals surface area contributed by atoms with Gasteiger partial charge < -0.3 is 4.74 Å². The minimum Gasteiger partial charge on any atom is -0.461 e. The van der Waals surface area contributed by atoms with Gasteiger partial charge in [-0.25, -0.2) is 9.78 Å². The highest BCUT2D eigenvalue weighted by Crippen LogP contribution is 2.32. The van der Waals surface area contributed by atoms with E-state index in [0.29, 0.717) is 38.4 Å². The Bertz CT molecular complexity index is 1010. The molecule has 0 radical (unpaired) electrons. The molecule has 1 aromatic heterocycles. The maximum absolute atomic E-state index is 12.3. The Morgan fingerprint density at radius 1 is 1.11 bits per heavy atom. The molecular weight excluding hydrogens is 411 g/mol. The Morgan fingerprint density at radius 3 is 2.37 bits per heavy atom. The third kappa shape index (κ3) is 3.86. The molecule has 0 saturated heterocycles. The van der Waals surface area contributed by atoms with Crippen molar-refractivity contribution in [2.75, 3.05) is 6.61 Å². The molecule has 0 unspecified atom stereocenters. The van der Waals surface area contributed by atoms with Gasteiger partial charge in [0.05, 0.1) is 17.3 Å². The maximum atomic E-state index is 12.3. The number of aldehydes is 1. The van der Waals surface area contributed by atoms with Gasteiger partial charge >= 0.3 is 5.97 Å². The van der Waals surface area contributed by atoms with E-state index < -0.39 is 5.97 Å². The second-order valence-electron chi connectivity index (χ2n) is 5.45. The van der Waals surface area contributed by atoms with Gasteiger partial charge in [0.1, 0.15) is 11.5 Å². The molecule has 0 fully saturated rings. The number of aromatic nitrogens is 2. The average Bonchev–Trinajstić information content (AvgIpc) is 3.02. The van der Waals surface area contributed by atoms with Gasteiger partial charge in [-0.3, -0.25) is 9.36 Å². The molecular formula is C19H13Cl3N2O3. The smallest absolute Gasteiger partial charge is 0.359 e. The zero-order valence-corrected chi connectivity index (χ0v) is 16.3. The van der Waals surface area contributed by atoms with E-state index in [9.17, 15) is 9.59 Å². The highest BCUT2D eigenvalue weighted by molar-refractivity contribution is 6.35. The van der Waals surface area contributed by atoms with Crippen LogP contribution in [-0.4, -0.2) is 28.4 Å². The van der Waals surface area contributed by atoms with Crippen molar-refractivity contribution >= 4 is 47.1 Å². The molecule has 8 heteroatoms. The van der Waals surface area contributed by atoms with E-state index in [1.54, 1.807) is 49.4 Å². The maximum Gasteiger partial charge on any atom is 0.359 e. The minimum absolute atomic E-state index is 0.0302. The van der Waals surface area contributed by atoms with Crippen LogP contribution in [0.15, 0.2) is 42.5 Å². The minimum atomic E-state index is -0.696. The predicted octanol–water partition coefficient (Wildman–Crippen LogP) is 5.49. The zero-order chi connectivity index (χ0) is 19.6. The number of nitrogens with zero attached hydrogens (tertiary/aromatic N) is 2. The quantitative estimate of drug-likeness (QED) is 0.402. The van der Waals surface area contributed by atoms with Gasteiger partial charge in [0.2, 0.25) is 0 Å². The van der Waals surface area contributed by atoms with Gasteiger partial charge in [-0.2, -0.15) is 0 Å². The van der Waals surface area contributed by atoms with Crippen LogP contribution in [0.3, 0.4) is 0 Å². The number of benzene rings is 2. The van der Waals surface area contributed by atoms with Crippen molar-refractivity contribution in [3.8, 4) is 17.1 Å². The van der Waals surface area contributed by atoms with Crippen molar-refractivity contribution in [2.45, 2.75) is 6.92 Å². The summed E-state index contributed by atoms with van der Waals surface area (Å²) < 4.78 is 6.53. The Balaban J connectivity index is 2.32. The summed E-state index contributed by atoms with van der Waals surface area (Å²) in [6.07, 6.45) is 0.545. The van der Waals surface area contributed by atoms with Crippen LogP contribution < -0.4 is 0 Å². The van der Waals surface area contributed by atoms with Crippen LogP contribution >= 0.6 is 34.8 Å². The summed E-state index contributed by atoms with van der Waals surface area (Å²) >= 11 is 18.3. The van der Waals surface area contributed by atoms with Crippen molar-refractivity contribution < 1.29 is 14.3 Å². The lowest BCUT2D eigenvalue weighted by molar-refractivity contribution is 0.0518. The number of ether oxygens (including phenoxy) is 1. The van der Waals surface area contributed by atoms with Crippen molar-refractivity contribution in [2.24, 2.45) is 0 Å². The molecule has 0 N–H and O–H groups in total. The Hall–Kier alpha value is -2.34. The molecule has 138 valence electrons. The molecule has 0 aliphatic carbocycles. The first-order valence-electron chi connectivity index (χ1n) is 7.92. The van der Waals surface area contributed by atoms with Gasteiger partial charge in [0.15, 0.2) is 12.0 Å². The fourth-order valence-electron chi connectivity index (χ4n) is 2.59. The molecule has 0 amide bonds. The number of hydrogen-bond acceptors (Lipinski definition) is 4. The molecule has 1 heterocycles. The van der Waals surface area contributed by atoms with Crippen molar-refractivity contribution in [3.05, 3.63) is 68.9 Å². The van der Waals surface area contributed by atoms with Gasteiger partial charge in [-0.15, -0.1) is 0 Å². The summed E-state index contributed by atoms with van der Waals surface area (Å²) in [5, 5.41) is 1.28. The van der Waals surface area contributed by atoms with Crippen LogP contribution in [0.25, 0.3) is 17.1 Å². The van der Waals surface area contributed by atoms with Gasteiger partial charge in [0.25, 0.3) is 0 Å². The van der Waals surface area contributed by atoms with E-state index in [1.165, 1.54) is 4.57 Å². The van der Waals surface area contributed by atoms with Crippen LogP contribution in [0.1, 0.15) is 27.9 Å². The second kappa shape index (κ2) is 8.13. The van der Waals surface area contributed by atoms with E-state index in [4.69, 9.17) is 39.5 Å². The Morgan fingerprint density at radius 2 is 1.78 bits per heavy atom. The lowest BCUT2D eigenvalue weighted by atomic mass is 10.2. The molecule has 0 saturated carbocycles. The summed E-state index contributed by atoms with van der Waals surface area (Å²) in [5.41, 5.74) is 1.03. The van der Waals surface area contributed by atoms with Gasteiger partial charge in [-0.1, -0.05) is 34.8 Å². The van der Waals surface area contributed by atoms with Crippen molar-refractivity contribution in [3.63, 3.8) is 0 Å². The topological polar surface area (TPSA) is 61.2 Å². The first-order valence-corrected chi connectivity index (χ1v) is 9.06. The molecule has 0 atom stereocenters. The monoisotopic (exact) mass is 422 g/mol. The lowest BCUT2D eigenvalue weighted by Crippen LogP contribution is -2.10. The normalized spacial score (nSPS) is 10.7. The summed E-state index contributed by atoms with van der Waals surface area (Å²) in [4.78, 5) is 28.5. The number of carbonyl (C=O) groups is 2. The van der Waals surface area contributed by atoms with Crippen molar-refractivity contribution in [1.82, 2.24) is 9.55 Å². The highest BCUT2D eigenvalue weighted by Gasteiger charge is 2.26. The number of halogens is 3. The van der Waals surface area contributed by atoms with Crippen LogP contribution in [0.4, 0.5) is 0 Å². The number of esters is 1. The van der Waals surface area contributed by atoms with Gasteiger partial charge in [0, 0.05) is 15.6 Å². The zero-order valence-electron chi connectivity index (χ0n) is 14.1. The first-order chi connectivity index (χ1) is 13.0. The fraction of sp³-hybridized carbons (Fsp3) is 0.105. The fourth-order valence-corrected chi connectivity index (χ4v) is 3.21. The van der Waals surface area contributed by atoms with E-state index in [-0.39, 0.29) is 18.0 Å². The Kier molecular flexibility index (Phi) is 5.85. The molecule has 0 aliphatic rings. The Labute approximate surface area is 170 Å². The molecule has 2 aromatic carbocycles. The van der Waals surface area contributed by atoms with E-state index in [1.807, 2.05) is 0 Å². The number of hydrogen-bond donors (Lipinski definition) is 0. The van der Waals surface area contributed by atoms with Crippen LogP contribution in [0.2, 0.25) is 15.1 Å². The summed E-state index contributed by atoms with van der Waals surface area (Å²) in [7, 11) is 0. The number of rotatable bonds is 5.